The van der Waals surface area contributed by atoms with Crippen molar-refractivity contribution in [3.05, 3.63) is 28.2 Å². The molecule has 114 valence electrons. The third kappa shape index (κ3) is 4.55. The average Bonchev–Trinajstić information content (AvgIpc) is 2.44. The number of halogens is 1. The van der Waals surface area contributed by atoms with E-state index >= 15 is 0 Å². The zero-order chi connectivity index (χ0) is 16.3. The first kappa shape index (κ1) is 17.7. The van der Waals surface area contributed by atoms with E-state index in [-0.39, 0.29) is 17.7 Å². The number of aliphatic hydroxyl groups is 1. The maximum atomic E-state index is 9.34. The van der Waals surface area contributed by atoms with Crippen LogP contribution in [0.4, 0.5) is 5.69 Å². The molecule has 0 heterocycles. The van der Waals surface area contributed by atoms with Gasteiger partial charge in [0.25, 0.3) is 0 Å². The number of rotatable bonds is 6. The Bertz CT molecular complexity index is 573. The van der Waals surface area contributed by atoms with Gasteiger partial charge in [0.2, 0.25) is 0 Å². The van der Waals surface area contributed by atoms with Crippen molar-refractivity contribution in [3.63, 3.8) is 0 Å². The molecule has 0 spiro atoms. The van der Waals surface area contributed by atoms with Crippen LogP contribution in [0, 0.1) is 27.6 Å². The van der Waals surface area contributed by atoms with Crippen LogP contribution in [0.2, 0.25) is 0 Å². The minimum Gasteiger partial charge on any atom is -0.396 e. The molecule has 1 rings (SSSR count). The molecule has 0 unspecified atom stereocenters. The topological polar surface area (TPSA) is 79.9 Å². The van der Waals surface area contributed by atoms with Crippen molar-refractivity contribution in [2.45, 2.75) is 27.7 Å². The number of hydrogen-bond acceptors (Lipinski definition) is 4. The Hall–Kier alpha value is -1.38. The molecule has 0 amide bonds. The lowest BCUT2D eigenvalue weighted by Crippen LogP contribution is -2.28. The predicted octanol–water partition coefficient (Wildman–Crippen LogP) is 3.80. The first-order valence-corrected chi connectivity index (χ1v) is 7.57. The Balaban J connectivity index is 3.12. The van der Waals surface area contributed by atoms with Gasteiger partial charge in [-0.3, -0.25) is 0 Å². The fraction of sp³-hybridized carbons (Fsp3) is 0.500. The summed E-state index contributed by atoms with van der Waals surface area (Å²) >= 11 is 3.43. The number of hydrogen-bond donors (Lipinski definition) is 3. The predicted molar refractivity (Wildman–Crippen MR) is 89.7 cm³/mol. The van der Waals surface area contributed by atoms with Crippen LogP contribution in [-0.4, -0.2) is 24.0 Å². The summed E-state index contributed by atoms with van der Waals surface area (Å²) in [5.74, 6) is 0. The smallest absolute Gasteiger partial charge is 0.0936 e. The Morgan fingerprint density at radius 3 is 2.52 bits per heavy atom. The maximum Gasteiger partial charge on any atom is 0.0936 e. The number of nitrogens with one attached hydrogen (secondary N) is 2. The van der Waals surface area contributed by atoms with Crippen molar-refractivity contribution in [2.75, 3.05) is 18.5 Å². The monoisotopic (exact) mass is 351 g/mol. The molecule has 5 heteroatoms. The fourth-order valence-electron chi connectivity index (χ4n) is 1.66. The number of anilines is 1. The summed E-state index contributed by atoms with van der Waals surface area (Å²) in [7, 11) is 0. The van der Waals surface area contributed by atoms with Crippen molar-refractivity contribution in [1.82, 2.24) is 0 Å². The summed E-state index contributed by atoms with van der Waals surface area (Å²) in [5.41, 5.74) is 0.669. The molecule has 1 aromatic carbocycles. The van der Waals surface area contributed by atoms with Crippen molar-refractivity contribution in [3.8, 4) is 6.07 Å². The van der Waals surface area contributed by atoms with Gasteiger partial charge >= 0.3 is 0 Å². The van der Waals surface area contributed by atoms with Crippen LogP contribution in [0.5, 0.6) is 0 Å². The minimum atomic E-state index is -0.850. The molecule has 0 aliphatic rings. The highest BCUT2D eigenvalue weighted by atomic mass is 79.9. The third-order valence-corrected chi connectivity index (χ3v) is 3.83. The van der Waals surface area contributed by atoms with E-state index in [1.54, 1.807) is 13.8 Å². The summed E-state index contributed by atoms with van der Waals surface area (Å²) in [6.07, 6.45) is 0. The molecule has 1 aromatic rings. The summed E-state index contributed by atoms with van der Waals surface area (Å²) in [4.78, 5) is 0. The zero-order valence-corrected chi connectivity index (χ0v) is 14.5. The van der Waals surface area contributed by atoms with Crippen LogP contribution in [0.15, 0.2) is 22.7 Å². The van der Waals surface area contributed by atoms with Gasteiger partial charge in [-0.1, -0.05) is 29.8 Å². The Kier molecular flexibility index (Phi) is 5.54. The second-order valence-corrected chi connectivity index (χ2v) is 7.39. The van der Waals surface area contributed by atoms with Crippen LogP contribution >= 0.6 is 15.9 Å². The van der Waals surface area contributed by atoms with Gasteiger partial charge in [0.1, 0.15) is 0 Å². The van der Waals surface area contributed by atoms with Gasteiger partial charge in [-0.05, 0) is 32.0 Å². The van der Waals surface area contributed by atoms with E-state index < -0.39 is 5.41 Å². The van der Waals surface area contributed by atoms with Crippen molar-refractivity contribution >= 4 is 27.3 Å². The molecule has 0 radical (unpaired) electrons. The Morgan fingerprint density at radius 1 is 1.38 bits per heavy atom. The van der Waals surface area contributed by atoms with E-state index in [9.17, 15) is 10.4 Å². The molecular formula is C16H22BrN3O. The standard InChI is InChI=1S/C16H22BrN3O/c1-15(2,10-21)9-20-13-7-11(17)5-6-12(13)14(19)16(3,4)8-18/h5-7,19-21H,9-10H2,1-4H3. The highest BCUT2D eigenvalue weighted by Gasteiger charge is 2.27. The summed E-state index contributed by atoms with van der Waals surface area (Å²) in [6.45, 7) is 8.04. The number of nitriles is 1. The summed E-state index contributed by atoms with van der Waals surface area (Å²) in [5, 5.41) is 30.1. The molecule has 0 atom stereocenters. The maximum absolute atomic E-state index is 9.34. The van der Waals surface area contributed by atoms with Gasteiger partial charge in [-0.2, -0.15) is 5.26 Å². The van der Waals surface area contributed by atoms with Crippen molar-refractivity contribution in [1.29, 1.82) is 10.7 Å². The summed E-state index contributed by atoms with van der Waals surface area (Å²) < 4.78 is 0.901. The first-order valence-electron chi connectivity index (χ1n) is 6.78. The van der Waals surface area contributed by atoms with E-state index in [1.165, 1.54) is 0 Å². The minimum absolute atomic E-state index is 0.0739. The molecule has 0 saturated heterocycles. The normalized spacial score (nSPS) is 11.9. The van der Waals surface area contributed by atoms with Crippen LogP contribution < -0.4 is 5.32 Å². The van der Waals surface area contributed by atoms with E-state index in [1.807, 2.05) is 32.0 Å². The van der Waals surface area contributed by atoms with Crippen LogP contribution in [0.25, 0.3) is 0 Å². The molecule has 4 nitrogen and oxygen atoms in total. The molecule has 0 aliphatic heterocycles. The molecule has 3 N–H and O–H groups in total. The molecule has 21 heavy (non-hydrogen) atoms. The highest BCUT2D eigenvalue weighted by molar-refractivity contribution is 9.10. The summed E-state index contributed by atoms with van der Waals surface area (Å²) in [6, 6.07) is 7.75. The van der Waals surface area contributed by atoms with Crippen molar-refractivity contribution in [2.24, 2.45) is 10.8 Å². The second kappa shape index (κ2) is 6.59. The molecule has 0 fully saturated rings. The van der Waals surface area contributed by atoms with Gasteiger partial charge < -0.3 is 15.8 Å². The molecule has 0 saturated carbocycles. The van der Waals surface area contributed by atoms with Gasteiger partial charge in [0, 0.05) is 34.3 Å². The van der Waals surface area contributed by atoms with Crippen LogP contribution in [-0.2, 0) is 0 Å². The number of nitrogens with zero attached hydrogens (tertiary/aromatic N) is 1. The average molecular weight is 352 g/mol. The van der Waals surface area contributed by atoms with E-state index in [2.05, 4.69) is 27.3 Å². The third-order valence-electron chi connectivity index (χ3n) is 3.34. The van der Waals surface area contributed by atoms with Gasteiger partial charge in [0.05, 0.1) is 17.2 Å². The van der Waals surface area contributed by atoms with Gasteiger partial charge in [-0.15, -0.1) is 0 Å². The second-order valence-electron chi connectivity index (χ2n) is 6.48. The van der Waals surface area contributed by atoms with Crippen molar-refractivity contribution < 1.29 is 5.11 Å². The lowest BCUT2D eigenvalue weighted by atomic mass is 9.84. The highest BCUT2D eigenvalue weighted by Crippen LogP contribution is 2.29. The van der Waals surface area contributed by atoms with Gasteiger partial charge in [-0.25, -0.2) is 0 Å². The largest absolute Gasteiger partial charge is 0.396 e. The van der Waals surface area contributed by atoms with E-state index in [0.29, 0.717) is 12.1 Å². The Morgan fingerprint density at radius 2 is 2.00 bits per heavy atom. The number of benzene rings is 1. The number of aliphatic hydroxyl groups excluding tert-OH is 1. The lowest BCUT2D eigenvalue weighted by molar-refractivity contribution is 0.171. The molecule has 0 aliphatic carbocycles. The van der Waals surface area contributed by atoms with E-state index in [4.69, 9.17) is 5.41 Å². The van der Waals surface area contributed by atoms with Gasteiger partial charge in [0.15, 0.2) is 0 Å². The lowest BCUT2D eigenvalue weighted by Gasteiger charge is -2.25. The van der Waals surface area contributed by atoms with Crippen LogP contribution in [0.3, 0.4) is 0 Å². The van der Waals surface area contributed by atoms with Crippen LogP contribution in [0.1, 0.15) is 33.3 Å². The molecule has 0 bridgehead atoms. The molecular weight excluding hydrogens is 330 g/mol. The SMILES string of the molecule is CC(C)(CO)CNc1cc(Br)ccc1C(=N)C(C)(C)C#N. The zero-order valence-electron chi connectivity index (χ0n) is 12.9. The quantitative estimate of drug-likeness (QED) is 0.682. The fourth-order valence-corrected chi connectivity index (χ4v) is 2.02. The van der Waals surface area contributed by atoms with E-state index in [0.717, 1.165) is 10.2 Å². The first-order chi connectivity index (χ1) is 9.63. The Labute approximate surface area is 134 Å². The molecule has 0 aromatic heterocycles.